The Balaban J connectivity index is 2.02. The van der Waals surface area contributed by atoms with E-state index in [1.807, 2.05) is 12.1 Å². The molecule has 23 heavy (non-hydrogen) atoms. The molecule has 6 nitrogen and oxygen atoms in total. The molecular formula is C17H26O6. The van der Waals surface area contributed by atoms with Crippen LogP contribution >= 0.6 is 0 Å². The molecule has 0 saturated carbocycles. The van der Waals surface area contributed by atoms with Gasteiger partial charge >= 0.3 is 0 Å². The first-order valence-electron chi connectivity index (χ1n) is 7.83. The van der Waals surface area contributed by atoms with Gasteiger partial charge in [-0.15, -0.1) is 0 Å². The molecule has 2 rings (SSSR count). The number of hydrogen-bond donors (Lipinski definition) is 2. The van der Waals surface area contributed by atoms with E-state index in [0.717, 1.165) is 12.0 Å². The van der Waals surface area contributed by atoms with Crippen molar-refractivity contribution < 1.29 is 29.2 Å². The molecule has 0 radical (unpaired) electrons. The molecule has 6 heteroatoms. The zero-order valence-electron chi connectivity index (χ0n) is 13.8. The number of aliphatic hydroxyl groups is 2. The Kier molecular flexibility index (Phi) is 6.95. The minimum Gasteiger partial charge on any atom is -0.387 e. The number of hydrogen-bond acceptors (Lipinski definition) is 6. The number of ether oxygens (including phenoxy) is 4. The fraction of sp³-hybridized carbons (Fsp3) is 0.647. The molecule has 0 aromatic heterocycles. The molecule has 1 aromatic rings. The number of methoxy groups -OCH3 is 2. The highest BCUT2D eigenvalue weighted by Crippen LogP contribution is 2.25. The molecule has 0 bridgehead atoms. The lowest BCUT2D eigenvalue weighted by Gasteiger charge is -2.41. The van der Waals surface area contributed by atoms with E-state index in [1.165, 1.54) is 19.8 Å². The Bertz CT molecular complexity index is 478. The SMILES string of the molecule is CCc1cccc(COC2C(OC)OC(COC)C(O)C2O)c1. The summed E-state index contributed by atoms with van der Waals surface area (Å²) in [6, 6.07) is 8.05. The standard InChI is InChI=1S/C17H26O6/c1-4-11-6-5-7-12(8-11)9-22-16-15(19)14(18)13(10-20-2)23-17(16)21-3/h5-8,13-19H,4,9-10H2,1-3H3. The van der Waals surface area contributed by atoms with Crippen LogP contribution in [0.15, 0.2) is 24.3 Å². The van der Waals surface area contributed by atoms with E-state index < -0.39 is 30.7 Å². The maximum Gasteiger partial charge on any atom is 0.186 e. The molecule has 1 heterocycles. The average molecular weight is 326 g/mol. The minimum absolute atomic E-state index is 0.170. The van der Waals surface area contributed by atoms with E-state index >= 15 is 0 Å². The quantitative estimate of drug-likeness (QED) is 0.774. The average Bonchev–Trinajstić information content (AvgIpc) is 2.58. The second kappa shape index (κ2) is 8.73. The van der Waals surface area contributed by atoms with Crippen molar-refractivity contribution in [3.8, 4) is 0 Å². The molecule has 2 N–H and O–H groups in total. The van der Waals surface area contributed by atoms with Gasteiger partial charge in [0.15, 0.2) is 6.29 Å². The molecule has 0 aliphatic carbocycles. The summed E-state index contributed by atoms with van der Waals surface area (Å²) in [7, 11) is 2.99. The molecule has 1 aliphatic heterocycles. The van der Waals surface area contributed by atoms with Crippen LogP contribution in [-0.4, -0.2) is 61.7 Å². The van der Waals surface area contributed by atoms with Gasteiger partial charge in [0.2, 0.25) is 0 Å². The van der Waals surface area contributed by atoms with Crippen molar-refractivity contribution in [2.75, 3.05) is 20.8 Å². The summed E-state index contributed by atoms with van der Waals surface area (Å²) in [5.41, 5.74) is 2.22. The van der Waals surface area contributed by atoms with Crippen LogP contribution in [0.1, 0.15) is 18.1 Å². The maximum absolute atomic E-state index is 10.3. The van der Waals surface area contributed by atoms with Crippen molar-refractivity contribution in [3.63, 3.8) is 0 Å². The van der Waals surface area contributed by atoms with Gasteiger partial charge in [-0.2, -0.15) is 0 Å². The number of aliphatic hydroxyl groups excluding tert-OH is 2. The van der Waals surface area contributed by atoms with Crippen LogP contribution in [0.2, 0.25) is 0 Å². The summed E-state index contributed by atoms with van der Waals surface area (Å²) in [6.45, 7) is 2.57. The monoisotopic (exact) mass is 326 g/mol. The Hall–Kier alpha value is -1.02. The minimum atomic E-state index is -1.11. The third-order valence-electron chi connectivity index (χ3n) is 4.05. The normalized spacial score (nSPS) is 31.3. The van der Waals surface area contributed by atoms with E-state index in [9.17, 15) is 10.2 Å². The highest BCUT2D eigenvalue weighted by molar-refractivity contribution is 5.22. The highest BCUT2D eigenvalue weighted by atomic mass is 16.7. The highest BCUT2D eigenvalue weighted by Gasteiger charge is 2.45. The first kappa shape index (κ1) is 18.3. The summed E-state index contributed by atoms with van der Waals surface area (Å²) in [5.74, 6) is 0. The topological polar surface area (TPSA) is 77.4 Å². The van der Waals surface area contributed by atoms with E-state index in [4.69, 9.17) is 18.9 Å². The van der Waals surface area contributed by atoms with Gasteiger partial charge in [0.1, 0.15) is 24.4 Å². The molecule has 130 valence electrons. The van der Waals surface area contributed by atoms with Crippen molar-refractivity contribution in [3.05, 3.63) is 35.4 Å². The van der Waals surface area contributed by atoms with Gasteiger partial charge in [0, 0.05) is 14.2 Å². The van der Waals surface area contributed by atoms with Crippen LogP contribution in [0, 0.1) is 0 Å². The third kappa shape index (κ3) is 4.50. The number of rotatable bonds is 7. The second-order valence-corrected chi connectivity index (χ2v) is 5.66. The Morgan fingerprint density at radius 1 is 1.13 bits per heavy atom. The molecular weight excluding hydrogens is 300 g/mol. The van der Waals surface area contributed by atoms with Crippen molar-refractivity contribution in [1.82, 2.24) is 0 Å². The fourth-order valence-electron chi connectivity index (χ4n) is 2.71. The van der Waals surface area contributed by atoms with Crippen LogP contribution in [0.3, 0.4) is 0 Å². The van der Waals surface area contributed by atoms with Gasteiger partial charge in [0.05, 0.1) is 13.2 Å². The Morgan fingerprint density at radius 3 is 2.52 bits per heavy atom. The van der Waals surface area contributed by atoms with Gasteiger partial charge < -0.3 is 29.2 Å². The molecule has 5 atom stereocenters. The second-order valence-electron chi connectivity index (χ2n) is 5.66. The predicted octanol–water partition coefficient (Wildman–Crippen LogP) is 0.874. The van der Waals surface area contributed by atoms with Crippen molar-refractivity contribution in [2.45, 2.75) is 50.7 Å². The summed E-state index contributed by atoms with van der Waals surface area (Å²) < 4.78 is 21.7. The zero-order chi connectivity index (χ0) is 16.8. The molecule has 1 saturated heterocycles. The van der Waals surface area contributed by atoms with E-state index in [1.54, 1.807) is 0 Å². The summed E-state index contributed by atoms with van der Waals surface area (Å²) >= 11 is 0. The van der Waals surface area contributed by atoms with Crippen LogP contribution in [-0.2, 0) is 32.0 Å². The molecule has 0 spiro atoms. The van der Waals surface area contributed by atoms with E-state index in [-0.39, 0.29) is 6.61 Å². The molecule has 1 fully saturated rings. The smallest absolute Gasteiger partial charge is 0.186 e. The van der Waals surface area contributed by atoms with Crippen molar-refractivity contribution in [1.29, 1.82) is 0 Å². The lowest BCUT2D eigenvalue weighted by atomic mass is 9.99. The molecule has 5 unspecified atom stereocenters. The van der Waals surface area contributed by atoms with Crippen molar-refractivity contribution in [2.24, 2.45) is 0 Å². The zero-order valence-corrected chi connectivity index (χ0v) is 13.8. The first-order chi connectivity index (χ1) is 11.1. The molecule has 0 amide bonds. The fourth-order valence-corrected chi connectivity index (χ4v) is 2.71. The van der Waals surface area contributed by atoms with Gasteiger partial charge in [-0.1, -0.05) is 31.2 Å². The van der Waals surface area contributed by atoms with Crippen LogP contribution < -0.4 is 0 Å². The van der Waals surface area contributed by atoms with Gasteiger partial charge in [-0.3, -0.25) is 0 Å². The van der Waals surface area contributed by atoms with E-state index in [0.29, 0.717) is 6.61 Å². The van der Waals surface area contributed by atoms with Crippen LogP contribution in [0.5, 0.6) is 0 Å². The van der Waals surface area contributed by atoms with Crippen molar-refractivity contribution >= 4 is 0 Å². The van der Waals surface area contributed by atoms with E-state index in [2.05, 4.69) is 19.1 Å². The third-order valence-corrected chi connectivity index (χ3v) is 4.05. The van der Waals surface area contributed by atoms with Crippen LogP contribution in [0.25, 0.3) is 0 Å². The Labute approximate surface area is 136 Å². The van der Waals surface area contributed by atoms with Gasteiger partial charge in [-0.05, 0) is 17.5 Å². The van der Waals surface area contributed by atoms with Gasteiger partial charge in [-0.25, -0.2) is 0 Å². The number of aryl methyl sites for hydroxylation is 1. The lowest BCUT2D eigenvalue weighted by Crippen LogP contribution is -2.59. The summed E-state index contributed by atoms with van der Waals surface area (Å²) in [6.07, 6.45) is -3.43. The van der Waals surface area contributed by atoms with Crippen LogP contribution in [0.4, 0.5) is 0 Å². The number of benzene rings is 1. The largest absolute Gasteiger partial charge is 0.387 e. The summed E-state index contributed by atoms with van der Waals surface area (Å²) in [4.78, 5) is 0. The molecule has 1 aromatic carbocycles. The first-order valence-corrected chi connectivity index (χ1v) is 7.83. The Morgan fingerprint density at radius 2 is 1.87 bits per heavy atom. The van der Waals surface area contributed by atoms with Gasteiger partial charge in [0.25, 0.3) is 0 Å². The lowest BCUT2D eigenvalue weighted by molar-refractivity contribution is -0.306. The molecule has 1 aliphatic rings. The maximum atomic E-state index is 10.3. The predicted molar refractivity (Wildman–Crippen MR) is 84.0 cm³/mol. The summed E-state index contributed by atoms with van der Waals surface area (Å²) in [5, 5.41) is 20.5.